The number of carbonyl (C=O) groups excluding carboxylic acids is 3. The van der Waals surface area contributed by atoms with E-state index in [0.717, 1.165) is 50.5 Å². The second-order valence-electron chi connectivity index (χ2n) is 18.6. The van der Waals surface area contributed by atoms with Gasteiger partial charge in [-0.2, -0.15) is 0 Å². The van der Waals surface area contributed by atoms with E-state index >= 15 is 0 Å². The molecule has 2 rings (SSSR count). The summed E-state index contributed by atoms with van der Waals surface area (Å²) in [5, 5.41) is 15.2. The van der Waals surface area contributed by atoms with Crippen LogP contribution in [0.2, 0.25) is 18.1 Å². The van der Waals surface area contributed by atoms with Crippen molar-refractivity contribution in [3.05, 3.63) is 42.0 Å². The van der Waals surface area contributed by atoms with Gasteiger partial charge in [0.15, 0.2) is 19.7 Å². The molecule has 11 nitrogen and oxygen atoms in total. The number of carbonyl (C=O) groups is 3. The van der Waals surface area contributed by atoms with E-state index in [1.54, 1.807) is 58.0 Å². The second kappa shape index (κ2) is 25.7. The van der Waals surface area contributed by atoms with Gasteiger partial charge in [-0.15, -0.1) is 5.92 Å². The van der Waals surface area contributed by atoms with E-state index < -0.39 is 55.1 Å². The Morgan fingerprint density at radius 2 is 1.53 bits per heavy atom. The van der Waals surface area contributed by atoms with Crippen LogP contribution >= 0.6 is 0 Å². The predicted molar refractivity (Wildman–Crippen MR) is 240 cm³/mol. The number of methoxy groups -OCH3 is 1. The standard InChI is InChI=1S/C48H79NO10Si/c1-12-14-16-20-23-30-47(56-35-36-57-47)31-24-21-18-17-19-22-25-40(48(53,44(52)59-45(3,4)5)32-34-58-60(10,11)46(6,7)8)42(50)49-41(43(51)54-9)37-38-26-28-39(29-27-38)55-33-15-13-2/h22,25-29,40-41,53H,12,14,16-21,23-24,30-37H2,1-11H3,(H,49,50)/t40-,41+,48+/m1/s1. The molecule has 60 heavy (non-hydrogen) atoms. The first kappa shape index (κ1) is 52.9. The summed E-state index contributed by atoms with van der Waals surface area (Å²) >= 11 is 0. The number of nitrogens with one attached hydrogen (secondary N) is 1. The highest BCUT2D eigenvalue weighted by molar-refractivity contribution is 6.74. The molecule has 1 heterocycles. The molecule has 1 aromatic rings. The first-order valence-corrected chi connectivity index (χ1v) is 25.2. The number of rotatable bonds is 27. The van der Waals surface area contributed by atoms with Gasteiger partial charge in [0, 0.05) is 32.3 Å². The van der Waals surface area contributed by atoms with Gasteiger partial charge in [0.05, 0.1) is 26.2 Å². The van der Waals surface area contributed by atoms with Gasteiger partial charge in [-0.1, -0.05) is 96.4 Å². The molecule has 1 amide bonds. The summed E-state index contributed by atoms with van der Waals surface area (Å²) in [5.41, 5.74) is -2.53. The number of unbranched alkanes of at least 4 members (excludes halogenated alkanes) is 8. The maximum atomic E-state index is 14.5. The molecule has 0 unspecified atom stereocenters. The monoisotopic (exact) mass is 858 g/mol. The van der Waals surface area contributed by atoms with Crippen molar-refractivity contribution in [3.63, 3.8) is 0 Å². The Morgan fingerprint density at radius 1 is 0.933 bits per heavy atom. The molecular formula is C48H79NO10Si. The van der Waals surface area contributed by atoms with Crippen LogP contribution in [0.25, 0.3) is 0 Å². The summed E-state index contributed by atoms with van der Waals surface area (Å²) in [6, 6.07) is 6.01. The van der Waals surface area contributed by atoms with Crippen LogP contribution < -0.4 is 10.1 Å². The molecular weight excluding hydrogens is 779 g/mol. The normalized spacial score (nSPS) is 16.3. The topological polar surface area (TPSA) is 139 Å². The molecule has 340 valence electrons. The van der Waals surface area contributed by atoms with Gasteiger partial charge in [-0.3, -0.25) is 4.79 Å². The van der Waals surface area contributed by atoms with Crippen LogP contribution in [0.5, 0.6) is 5.75 Å². The van der Waals surface area contributed by atoms with Crippen molar-refractivity contribution in [1.82, 2.24) is 5.32 Å². The van der Waals surface area contributed by atoms with Gasteiger partial charge < -0.3 is 38.5 Å². The third-order valence-corrected chi connectivity index (χ3v) is 16.0. The molecule has 0 bridgehead atoms. The highest BCUT2D eigenvalue weighted by atomic mass is 28.4. The first-order chi connectivity index (χ1) is 28.2. The lowest BCUT2D eigenvalue weighted by molar-refractivity contribution is -0.185. The summed E-state index contributed by atoms with van der Waals surface area (Å²) < 4.78 is 35.2. The van der Waals surface area contributed by atoms with Crippen molar-refractivity contribution in [2.75, 3.05) is 33.5 Å². The van der Waals surface area contributed by atoms with Crippen LogP contribution in [0, 0.1) is 17.8 Å². The first-order valence-electron chi connectivity index (χ1n) is 22.3. The lowest BCUT2D eigenvalue weighted by Crippen LogP contribution is -2.57. The molecule has 2 N–H and O–H groups in total. The average molecular weight is 858 g/mol. The Morgan fingerprint density at radius 3 is 2.08 bits per heavy atom. The molecule has 12 heteroatoms. The molecule has 1 aliphatic heterocycles. The number of aliphatic hydroxyl groups is 1. The number of ether oxygens (including phenoxy) is 5. The fourth-order valence-corrected chi connectivity index (χ4v) is 7.84. The number of hydrogen-bond acceptors (Lipinski definition) is 10. The van der Waals surface area contributed by atoms with Crippen molar-refractivity contribution in [2.24, 2.45) is 5.92 Å². The van der Waals surface area contributed by atoms with E-state index in [0.29, 0.717) is 25.4 Å². The van der Waals surface area contributed by atoms with Crippen molar-refractivity contribution in [3.8, 4) is 17.6 Å². The third-order valence-electron chi connectivity index (χ3n) is 11.4. The predicted octanol–water partition coefficient (Wildman–Crippen LogP) is 9.39. The fourth-order valence-electron chi connectivity index (χ4n) is 6.79. The van der Waals surface area contributed by atoms with Gasteiger partial charge >= 0.3 is 11.9 Å². The summed E-state index contributed by atoms with van der Waals surface area (Å²) in [5.74, 6) is 2.06. The third kappa shape index (κ3) is 18.4. The second-order valence-corrected chi connectivity index (χ2v) is 23.4. The Labute approximate surface area is 363 Å². The number of amides is 1. The summed E-state index contributed by atoms with van der Waals surface area (Å²) in [6.45, 7) is 21.2. The molecule has 0 spiro atoms. The highest BCUT2D eigenvalue weighted by Crippen LogP contribution is 2.38. The van der Waals surface area contributed by atoms with E-state index in [2.05, 4.69) is 57.9 Å². The molecule has 3 atom stereocenters. The van der Waals surface area contributed by atoms with Crippen LogP contribution in [0.1, 0.15) is 144 Å². The molecule has 1 saturated heterocycles. The lowest BCUT2D eigenvalue weighted by Gasteiger charge is -2.38. The van der Waals surface area contributed by atoms with Crippen molar-refractivity contribution in [2.45, 2.75) is 186 Å². The van der Waals surface area contributed by atoms with Crippen LogP contribution in [0.3, 0.4) is 0 Å². The Kier molecular flexibility index (Phi) is 22.6. The number of allylic oxidation sites excluding steroid dienone is 1. The van der Waals surface area contributed by atoms with Gasteiger partial charge in [-0.05, 0) is 89.2 Å². The van der Waals surface area contributed by atoms with Gasteiger partial charge in [-0.25, -0.2) is 9.59 Å². The minimum atomic E-state index is -2.32. The molecule has 1 aliphatic rings. The zero-order valence-corrected chi connectivity index (χ0v) is 40.0. The van der Waals surface area contributed by atoms with Crippen LogP contribution in [0.4, 0.5) is 0 Å². The smallest absolute Gasteiger partial charge is 0.339 e. The maximum Gasteiger partial charge on any atom is 0.339 e. The number of benzene rings is 1. The van der Waals surface area contributed by atoms with E-state index in [1.165, 1.54) is 32.8 Å². The average Bonchev–Trinajstić information content (AvgIpc) is 3.64. The van der Waals surface area contributed by atoms with Gasteiger partial charge in [0.1, 0.15) is 24.0 Å². The lowest BCUT2D eigenvalue weighted by atomic mass is 9.82. The van der Waals surface area contributed by atoms with E-state index in [9.17, 15) is 19.5 Å². The van der Waals surface area contributed by atoms with Crippen molar-refractivity contribution >= 4 is 26.2 Å². The Hall–Kier alpha value is -3.21. The highest BCUT2D eigenvalue weighted by Gasteiger charge is 2.50. The minimum Gasteiger partial charge on any atom is -0.481 e. The fraction of sp³-hybridized carbons (Fsp3) is 0.729. The number of hydrogen-bond donors (Lipinski definition) is 2. The quantitative estimate of drug-likeness (QED) is 0.0289. The number of esters is 2. The molecule has 0 radical (unpaired) electrons. The molecule has 0 aromatic heterocycles. The molecule has 1 fully saturated rings. The molecule has 0 saturated carbocycles. The summed E-state index contributed by atoms with van der Waals surface area (Å²) in [7, 11) is -1.05. The summed E-state index contributed by atoms with van der Waals surface area (Å²) in [6.07, 6.45) is 15.5. The van der Waals surface area contributed by atoms with Gasteiger partial charge in [0.2, 0.25) is 5.91 Å². The van der Waals surface area contributed by atoms with E-state index in [-0.39, 0.29) is 31.1 Å². The zero-order chi connectivity index (χ0) is 44.9. The largest absolute Gasteiger partial charge is 0.481 e. The van der Waals surface area contributed by atoms with Crippen molar-refractivity contribution < 1.29 is 47.6 Å². The Bertz CT molecular complexity index is 1530. The van der Waals surface area contributed by atoms with Gasteiger partial charge in [0.25, 0.3) is 0 Å². The van der Waals surface area contributed by atoms with E-state index in [4.69, 9.17) is 28.1 Å². The Balaban J connectivity index is 2.31. The maximum absolute atomic E-state index is 14.5. The van der Waals surface area contributed by atoms with Crippen LogP contribution in [0.15, 0.2) is 36.4 Å². The van der Waals surface area contributed by atoms with Crippen LogP contribution in [-0.2, 0) is 44.2 Å². The van der Waals surface area contributed by atoms with E-state index in [1.807, 2.05) is 6.08 Å². The SMILES string of the molecule is CC#CCOc1ccc(C[C@H](NC(=O)[C@@H](C=CCCCCCCC2(CCCCCCC)OCCO2)[C@@](O)(CCO[Si](C)(C)C(C)(C)C)C(=O)OC(C)(C)C)C(=O)OC)cc1. The van der Waals surface area contributed by atoms with Crippen LogP contribution in [-0.4, -0.2) is 87.8 Å². The summed E-state index contributed by atoms with van der Waals surface area (Å²) in [4.78, 5) is 41.7. The minimum absolute atomic E-state index is 0.0240. The van der Waals surface area contributed by atoms with Crippen molar-refractivity contribution in [1.29, 1.82) is 0 Å². The molecule has 0 aliphatic carbocycles. The molecule has 1 aromatic carbocycles. The zero-order valence-electron chi connectivity index (χ0n) is 39.0.